The molecular formula is C14H20N2O2. The number of rotatable bonds is 4. The number of carbonyl (C=O) groups excluding carboxylic acids is 1. The highest BCUT2D eigenvalue weighted by molar-refractivity contribution is 5.95. The van der Waals surface area contributed by atoms with Gasteiger partial charge in [0, 0.05) is 19.3 Å². The molecule has 1 aliphatic rings. The van der Waals surface area contributed by atoms with Crippen molar-refractivity contribution in [2.75, 3.05) is 19.0 Å². The highest BCUT2D eigenvalue weighted by atomic mass is 16.5. The molecule has 2 unspecified atom stereocenters. The summed E-state index contributed by atoms with van der Waals surface area (Å²) in [6, 6.07) is 7.76. The van der Waals surface area contributed by atoms with Gasteiger partial charge in [0.25, 0.3) is 0 Å². The smallest absolute Gasteiger partial charge is 0.241 e. The molecule has 0 aliphatic carbocycles. The minimum absolute atomic E-state index is 0.0236. The molecule has 0 spiro atoms. The number of anilines is 1. The van der Waals surface area contributed by atoms with Crippen LogP contribution in [0.2, 0.25) is 0 Å². The molecule has 1 aliphatic heterocycles. The average molecular weight is 248 g/mol. The number of carbonyl (C=O) groups is 1. The topological polar surface area (TPSA) is 50.4 Å². The number of hydrogen-bond donors (Lipinski definition) is 2. The van der Waals surface area contributed by atoms with Gasteiger partial charge in [-0.15, -0.1) is 0 Å². The van der Waals surface area contributed by atoms with E-state index in [2.05, 4.69) is 17.6 Å². The highest BCUT2D eigenvalue weighted by Crippen LogP contribution is 2.17. The number of methoxy groups -OCH3 is 1. The Morgan fingerprint density at radius 1 is 1.50 bits per heavy atom. The Morgan fingerprint density at radius 2 is 2.28 bits per heavy atom. The zero-order valence-electron chi connectivity index (χ0n) is 10.9. The molecule has 0 bridgehead atoms. The number of benzene rings is 1. The van der Waals surface area contributed by atoms with Crippen LogP contribution in [0.1, 0.15) is 18.9 Å². The van der Waals surface area contributed by atoms with Crippen LogP contribution in [0.25, 0.3) is 0 Å². The monoisotopic (exact) mass is 248 g/mol. The Balaban J connectivity index is 1.99. The lowest BCUT2D eigenvalue weighted by Gasteiger charge is -2.13. The molecule has 0 aromatic heterocycles. The highest BCUT2D eigenvalue weighted by Gasteiger charge is 2.29. The zero-order valence-corrected chi connectivity index (χ0v) is 10.9. The SMILES string of the molecule is CCc1ccccc1NC(=O)C1CC(OC)CN1. The number of nitrogens with one attached hydrogen (secondary N) is 2. The van der Waals surface area contributed by atoms with Gasteiger partial charge in [-0.05, 0) is 24.5 Å². The van der Waals surface area contributed by atoms with E-state index in [-0.39, 0.29) is 18.1 Å². The van der Waals surface area contributed by atoms with Crippen LogP contribution in [0.4, 0.5) is 5.69 Å². The van der Waals surface area contributed by atoms with Crippen molar-refractivity contribution in [2.45, 2.75) is 31.9 Å². The van der Waals surface area contributed by atoms with Gasteiger partial charge in [-0.2, -0.15) is 0 Å². The van der Waals surface area contributed by atoms with Crippen molar-refractivity contribution >= 4 is 11.6 Å². The van der Waals surface area contributed by atoms with E-state index in [1.165, 1.54) is 0 Å². The molecule has 0 radical (unpaired) electrons. The molecule has 1 aromatic rings. The fourth-order valence-electron chi connectivity index (χ4n) is 2.25. The number of amides is 1. The lowest BCUT2D eigenvalue weighted by Crippen LogP contribution is -2.35. The molecule has 4 heteroatoms. The summed E-state index contributed by atoms with van der Waals surface area (Å²) in [5, 5.41) is 6.17. The lowest BCUT2D eigenvalue weighted by molar-refractivity contribution is -0.118. The van der Waals surface area contributed by atoms with Gasteiger partial charge in [-0.25, -0.2) is 0 Å². The first kappa shape index (κ1) is 13.1. The van der Waals surface area contributed by atoms with E-state index in [0.717, 1.165) is 30.6 Å². The maximum absolute atomic E-state index is 12.1. The van der Waals surface area contributed by atoms with Crippen LogP contribution in [-0.4, -0.2) is 31.7 Å². The fraction of sp³-hybridized carbons (Fsp3) is 0.500. The van der Waals surface area contributed by atoms with Gasteiger partial charge in [-0.3, -0.25) is 4.79 Å². The molecule has 18 heavy (non-hydrogen) atoms. The second-order valence-corrected chi connectivity index (χ2v) is 4.55. The minimum Gasteiger partial charge on any atom is -0.380 e. The van der Waals surface area contributed by atoms with Crippen LogP contribution in [-0.2, 0) is 16.0 Å². The van der Waals surface area contributed by atoms with Crippen LogP contribution >= 0.6 is 0 Å². The second kappa shape index (κ2) is 5.98. The Labute approximate surface area is 108 Å². The molecule has 1 aromatic carbocycles. The van der Waals surface area contributed by atoms with E-state index >= 15 is 0 Å². The molecular weight excluding hydrogens is 228 g/mol. The van der Waals surface area contributed by atoms with Gasteiger partial charge in [0.2, 0.25) is 5.91 Å². The van der Waals surface area contributed by atoms with Gasteiger partial charge in [0.05, 0.1) is 12.1 Å². The van der Waals surface area contributed by atoms with Crippen molar-refractivity contribution in [2.24, 2.45) is 0 Å². The largest absolute Gasteiger partial charge is 0.380 e. The molecule has 2 rings (SSSR count). The van der Waals surface area contributed by atoms with Gasteiger partial charge < -0.3 is 15.4 Å². The summed E-state index contributed by atoms with van der Waals surface area (Å²) < 4.78 is 5.24. The first-order chi connectivity index (χ1) is 8.74. The van der Waals surface area contributed by atoms with Crippen molar-refractivity contribution in [3.63, 3.8) is 0 Å². The number of aryl methyl sites for hydroxylation is 1. The second-order valence-electron chi connectivity index (χ2n) is 4.55. The summed E-state index contributed by atoms with van der Waals surface area (Å²) in [5.74, 6) is 0.0236. The normalized spacial score (nSPS) is 23.0. The molecule has 1 fully saturated rings. The molecule has 1 saturated heterocycles. The molecule has 4 nitrogen and oxygen atoms in total. The van der Waals surface area contributed by atoms with E-state index in [4.69, 9.17) is 4.74 Å². The molecule has 98 valence electrons. The number of ether oxygens (including phenoxy) is 1. The van der Waals surface area contributed by atoms with E-state index in [0.29, 0.717) is 0 Å². The average Bonchev–Trinajstić information content (AvgIpc) is 2.88. The Bertz CT molecular complexity index is 420. The van der Waals surface area contributed by atoms with E-state index in [9.17, 15) is 4.79 Å². The summed E-state index contributed by atoms with van der Waals surface area (Å²) in [6.45, 7) is 2.82. The maximum Gasteiger partial charge on any atom is 0.241 e. The maximum atomic E-state index is 12.1. The number of para-hydroxylation sites is 1. The van der Waals surface area contributed by atoms with Gasteiger partial charge in [0.1, 0.15) is 0 Å². The van der Waals surface area contributed by atoms with Crippen molar-refractivity contribution in [3.8, 4) is 0 Å². The van der Waals surface area contributed by atoms with E-state index in [1.54, 1.807) is 7.11 Å². The van der Waals surface area contributed by atoms with Crippen molar-refractivity contribution in [1.82, 2.24) is 5.32 Å². The third kappa shape index (κ3) is 2.89. The molecule has 1 heterocycles. The Hall–Kier alpha value is -1.39. The first-order valence-corrected chi connectivity index (χ1v) is 6.39. The van der Waals surface area contributed by atoms with Crippen LogP contribution in [0, 0.1) is 0 Å². The zero-order chi connectivity index (χ0) is 13.0. The third-order valence-electron chi connectivity index (χ3n) is 3.40. The standard InChI is InChI=1S/C14H20N2O2/c1-3-10-6-4-5-7-12(10)16-14(17)13-8-11(18-2)9-15-13/h4-7,11,13,15H,3,8-9H2,1-2H3,(H,16,17). The fourth-order valence-corrected chi connectivity index (χ4v) is 2.25. The van der Waals surface area contributed by atoms with Crippen LogP contribution in [0.5, 0.6) is 0 Å². The quantitative estimate of drug-likeness (QED) is 0.850. The predicted octanol–water partition coefficient (Wildman–Crippen LogP) is 1.56. The van der Waals surface area contributed by atoms with E-state index < -0.39 is 0 Å². The summed E-state index contributed by atoms with van der Waals surface area (Å²) in [7, 11) is 1.68. The Morgan fingerprint density at radius 3 is 2.94 bits per heavy atom. The predicted molar refractivity (Wildman–Crippen MR) is 71.7 cm³/mol. The van der Waals surface area contributed by atoms with Crippen LogP contribution < -0.4 is 10.6 Å². The summed E-state index contributed by atoms with van der Waals surface area (Å²) in [4.78, 5) is 12.1. The van der Waals surface area contributed by atoms with Crippen LogP contribution in [0.3, 0.4) is 0 Å². The van der Waals surface area contributed by atoms with Gasteiger partial charge in [-0.1, -0.05) is 25.1 Å². The summed E-state index contributed by atoms with van der Waals surface area (Å²) in [5.41, 5.74) is 2.07. The first-order valence-electron chi connectivity index (χ1n) is 6.39. The van der Waals surface area contributed by atoms with Crippen LogP contribution in [0.15, 0.2) is 24.3 Å². The van der Waals surface area contributed by atoms with Gasteiger partial charge in [0.15, 0.2) is 0 Å². The molecule has 1 amide bonds. The van der Waals surface area contributed by atoms with Crippen molar-refractivity contribution in [3.05, 3.63) is 29.8 Å². The lowest BCUT2D eigenvalue weighted by atomic mass is 10.1. The molecule has 2 N–H and O–H groups in total. The minimum atomic E-state index is -0.153. The van der Waals surface area contributed by atoms with Gasteiger partial charge >= 0.3 is 0 Å². The number of hydrogen-bond acceptors (Lipinski definition) is 3. The Kier molecular flexibility index (Phi) is 4.33. The van der Waals surface area contributed by atoms with Crippen molar-refractivity contribution in [1.29, 1.82) is 0 Å². The summed E-state index contributed by atoms with van der Waals surface area (Å²) >= 11 is 0. The van der Waals surface area contributed by atoms with E-state index in [1.807, 2.05) is 24.3 Å². The molecule has 0 saturated carbocycles. The summed E-state index contributed by atoms with van der Waals surface area (Å²) in [6.07, 6.45) is 1.79. The van der Waals surface area contributed by atoms with Crippen molar-refractivity contribution < 1.29 is 9.53 Å². The molecule has 2 atom stereocenters. The third-order valence-corrected chi connectivity index (χ3v) is 3.40.